The summed E-state index contributed by atoms with van der Waals surface area (Å²) in [5.74, 6) is -0.0609. The monoisotopic (exact) mass is 310 g/mol. The molecule has 1 unspecified atom stereocenters. The lowest BCUT2D eigenvalue weighted by molar-refractivity contribution is -0.127. The molecule has 0 saturated heterocycles. The van der Waals surface area contributed by atoms with E-state index >= 15 is 0 Å². The van der Waals surface area contributed by atoms with Crippen LogP contribution in [0.2, 0.25) is 0 Å². The second-order valence-corrected chi connectivity index (χ2v) is 6.08. The zero-order valence-corrected chi connectivity index (χ0v) is 13.6. The summed E-state index contributed by atoms with van der Waals surface area (Å²) in [6.07, 6.45) is 8.47. The van der Waals surface area contributed by atoms with Crippen molar-refractivity contribution < 1.29 is 4.79 Å². The summed E-state index contributed by atoms with van der Waals surface area (Å²) in [5.41, 5.74) is 6.17. The van der Waals surface area contributed by atoms with Crippen molar-refractivity contribution in [2.45, 2.75) is 63.5 Å². The van der Waals surface area contributed by atoms with Crippen LogP contribution in [0.25, 0.3) is 0 Å². The van der Waals surface area contributed by atoms with Crippen LogP contribution in [0.4, 0.5) is 0 Å². The molecule has 3 nitrogen and oxygen atoms in total. The van der Waals surface area contributed by atoms with Gasteiger partial charge in [-0.25, -0.2) is 0 Å². The van der Waals surface area contributed by atoms with Crippen molar-refractivity contribution in [1.29, 1.82) is 0 Å². The average Bonchev–Trinajstić information content (AvgIpc) is 2.42. The Morgan fingerprint density at radius 2 is 1.62 bits per heavy atom. The Bertz CT molecular complexity index is 426. The molecule has 4 heteroatoms. The Hall–Kier alpha value is -1.06. The first kappa shape index (κ1) is 18.0. The highest BCUT2D eigenvalue weighted by atomic mass is 35.5. The highest BCUT2D eigenvalue weighted by Crippen LogP contribution is 2.21. The highest BCUT2D eigenvalue weighted by Gasteiger charge is 2.31. The first-order chi connectivity index (χ1) is 9.60. The van der Waals surface area contributed by atoms with Gasteiger partial charge in [-0.1, -0.05) is 62.4 Å². The lowest BCUT2D eigenvalue weighted by atomic mass is 9.90. The number of benzene rings is 1. The third-order valence-electron chi connectivity index (χ3n) is 4.29. The van der Waals surface area contributed by atoms with E-state index in [2.05, 4.69) is 5.32 Å². The fourth-order valence-electron chi connectivity index (χ4n) is 2.85. The van der Waals surface area contributed by atoms with E-state index in [9.17, 15) is 4.79 Å². The number of hydrogen-bond donors (Lipinski definition) is 2. The molecule has 21 heavy (non-hydrogen) atoms. The molecular weight excluding hydrogens is 284 g/mol. The second-order valence-electron chi connectivity index (χ2n) is 6.08. The Morgan fingerprint density at radius 3 is 2.19 bits per heavy atom. The number of nitrogens with two attached hydrogens (primary N) is 1. The van der Waals surface area contributed by atoms with E-state index in [0.29, 0.717) is 0 Å². The van der Waals surface area contributed by atoms with Crippen LogP contribution in [0.1, 0.15) is 57.4 Å². The molecule has 0 aliphatic heterocycles. The maximum absolute atomic E-state index is 12.5. The molecule has 0 aromatic heterocycles. The zero-order valence-electron chi connectivity index (χ0n) is 12.8. The largest absolute Gasteiger partial charge is 0.351 e. The number of hydrogen-bond acceptors (Lipinski definition) is 2. The van der Waals surface area contributed by atoms with E-state index < -0.39 is 5.54 Å². The van der Waals surface area contributed by atoms with E-state index in [0.717, 1.165) is 18.4 Å². The molecule has 118 valence electrons. The molecule has 0 heterocycles. The fraction of sp³-hybridized carbons (Fsp3) is 0.588. The van der Waals surface area contributed by atoms with E-state index in [1.807, 2.05) is 30.3 Å². The molecule has 1 aliphatic rings. The van der Waals surface area contributed by atoms with Crippen molar-refractivity contribution in [3.63, 3.8) is 0 Å². The van der Waals surface area contributed by atoms with Crippen LogP contribution in [0.5, 0.6) is 0 Å². The van der Waals surface area contributed by atoms with Crippen molar-refractivity contribution in [2.24, 2.45) is 5.73 Å². The number of carbonyl (C=O) groups is 1. The van der Waals surface area contributed by atoms with Gasteiger partial charge in [0.15, 0.2) is 0 Å². The summed E-state index contributed by atoms with van der Waals surface area (Å²) < 4.78 is 0. The van der Waals surface area contributed by atoms with Crippen LogP contribution in [0.3, 0.4) is 0 Å². The minimum atomic E-state index is -0.955. The molecule has 1 amide bonds. The molecule has 2 rings (SSSR count). The Morgan fingerprint density at radius 1 is 1.10 bits per heavy atom. The van der Waals surface area contributed by atoms with Crippen LogP contribution in [-0.4, -0.2) is 11.9 Å². The van der Waals surface area contributed by atoms with Gasteiger partial charge in [0.2, 0.25) is 5.91 Å². The number of carbonyl (C=O) groups excluding carboxylic acids is 1. The van der Waals surface area contributed by atoms with Gasteiger partial charge in [-0.05, 0) is 25.3 Å². The van der Waals surface area contributed by atoms with Gasteiger partial charge >= 0.3 is 0 Å². The SMILES string of the molecule is CC(N)(C(=O)NC1CCCCCCC1)c1ccccc1.Cl. The molecule has 1 aromatic rings. The third-order valence-corrected chi connectivity index (χ3v) is 4.29. The van der Waals surface area contributed by atoms with Crippen LogP contribution < -0.4 is 11.1 Å². The number of rotatable bonds is 3. The summed E-state index contributed by atoms with van der Waals surface area (Å²) in [7, 11) is 0. The quantitative estimate of drug-likeness (QED) is 0.897. The Labute approximate surface area is 134 Å². The van der Waals surface area contributed by atoms with E-state index in [1.54, 1.807) is 6.92 Å². The van der Waals surface area contributed by atoms with Crippen molar-refractivity contribution in [1.82, 2.24) is 5.32 Å². The van der Waals surface area contributed by atoms with Gasteiger partial charge < -0.3 is 11.1 Å². The summed E-state index contributed by atoms with van der Waals surface area (Å²) in [6.45, 7) is 1.79. The molecule has 1 aliphatic carbocycles. The lowest BCUT2D eigenvalue weighted by Crippen LogP contribution is -2.52. The summed E-state index contributed by atoms with van der Waals surface area (Å²) in [6, 6.07) is 9.89. The van der Waals surface area contributed by atoms with Gasteiger partial charge in [0.25, 0.3) is 0 Å². The summed E-state index contributed by atoms with van der Waals surface area (Å²) in [5, 5.41) is 3.16. The van der Waals surface area contributed by atoms with E-state index in [1.165, 1.54) is 32.1 Å². The molecular formula is C17H27ClN2O. The first-order valence-electron chi connectivity index (χ1n) is 7.76. The molecule has 1 fully saturated rings. The van der Waals surface area contributed by atoms with Gasteiger partial charge in [-0.3, -0.25) is 4.79 Å². The fourth-order valence-corrected chi connectivity index (χ4v) is 2.85. The van der Waals surface area contributed by atoms with Crippen molar-refractivity contribution in [2.75, 3.05) is 0 Å². The molecule has 1 atom stereocenters. The normalized spacial score (nSPS) is 19.5. The molecule has 0 bridgehead atoms. The van der Waals surface area contributed by atoms with Gasteiger partial charge in [0, 0.05) is 6.04 Å². The van der Waals surface area contributed by atoms with E-state index in [-0.39, 0.29) is 24.4 Å². The lowest BCUT2D eigenvalue weighted by Gasteiger charge is -2.28. The Balaban J connectivity index is 0.00000220. The van der Waals surface area contributed by atoms with E-state index in [4.69, 9.17) is 5.73 Å². The van der Waals surface area contributed by atoms with Crippen LogP contribution >= 0.6 is 12.4 Å². The van der Waals surface area contributed by atoms with Gasteiger partial charge in [-0.2, -0.15) is 0 Å². The maximum Gasteiger partial charge on any atom is 0.244 e. The molecule has 0 spiro atoms. The van der Waals surface area contributed by atoms with Crippen molar-refractivity contribution >= 4 is 18.3 Å². The summed E-state index contributed by atoms with van der Waals surface area (Å²) in [4.78, 5) is 12.5. The number of halogens is 1. The third kappa shape index (κ3) is 5.01. The zero-order chi connectivity index (χ0) is 14.4. The first-order valence-corrected chi connectivity index (χ1v) is 7.76. The van der Waals surface area contributed by atoms with Crippen molar-refractivity contribution in [3.05, 3.63) is 35.9 Å². The highest BCUT2D eigenvalue weighted by molar-refractivity contribution is 5.87. The number of nitrogens with one attached hydrogen (secondary N) is 1. The number of amides is 1. The predicted molar refractivity (Wildman–Crippen MR) is 89.5 cm³/mol. The maximum atomic E-state index is 12.5. The van der Waals surface area contributed by atoms with Crippen molar-refractivity contribution in [3.8, 4) is 0 Å². The topological polar surface area (TPSA) is 55.1 Å². The minimum absolute atomic E-state index is 0. The standard InChI is InChI=1S/C17H26N2O.ClH/c1-17(18,14-10-6-5-7-11-14)16(20)19-15-12-8-3-2-4-9-13-15;/h5-7,10-11,15H,2-4,8-9,12-13,18H2,1H3,(H,19,20);1H. The predicted octanol–water partition coefficient (Wildman–Crippen LogP) is 3.51. The smallest absolute Gasteiger partial charge is 0.244 e. The molecule has 3 N–H and O–H groups in total. The van der Waals surface area contributed by atoms with Crippen LogP contribution in [0.15, 0.2) is 30.3 Å². The molecule has 0 radical (unpaired) electrons. The van der Waals surface area contributed by atoms with Gasteiger partial charge in [0.05, 0.1) is 0 Å². The Kier molecular flexibility index (Phi) is 7.20. The minimum Gasteiger partial charge on any atom is -0.351 e. The summed E-state index contributed by atoms with van der Waals surface area (Å²) >= 11 is 0. The van der Waals surface area contributed by atoms with Gasteiger partial charge in [-0.15, -0.1) is 12.4 Å². The second kappa shape index (κ2) is 8.40. The molecule has 1 aromatic carbocycles. The van der Waals surface area contributed by atoms with Gasteiger partial charge in [0.1, 0.15) is 5.54 Å². The van der Waals surface area contributed by atoms with Crippen LogP contribution in [0, 0.1) is 0 Å². The van der Waals surface area contributed by atoms with Crippen LogP contribution in [-0.2, 0) is 10.3 Å². The average molecular weight is 311 g/mol. The molecule has 1 saturated carbocycles.